The Hall–Kier alpha value is -2.24. The van der Waals surface area contributed by atoms with Gasteiger partial charge in [-0.25, -0.2) is 4.98 Å². The van der Waals surface area contributed by atoms with Crippen LogP contribution in [0.1, 0.15) is 27.4 Å². The number of halogens is 2. The zero-order valence-electron chi connectivity index (χ0n) is 12.4. The lowest BCUT2D eigenvalue weighted by Gasteiger charge is -2.14. The molecule has 1 aliphatic heterocycles. The van der Waals surface area contributed by atoms with Gasteiger partial charge in [-0.3, -0.25) is 14.4 Å². The van der Waals surface area contributed by atoms with E-state index in [1.165, 1.54) is 0 Å². The Morgan fingerprint density at radius 1 is 1.17 bits per heavy atom. The molecule has 0 bridgehead atoms. The van der Waals surface area contributed by atoms with Crippen molar-refractivity contribution in [2.24, 2.45) is 4.99 Å². The lowest BCUT2D eigenvalue weighted by Crippen LogP contribution is -2.09. The van der Waals surface area contributed by atoms with Gasteiger partial charge in [0.2, 0.25) is 0 Å². The van der Waals surface area contributed by atoms with Gasteiger partial charge in [-0.05, 0) is 24.3 Å². The van der Waals surface area contributed by atoms with Gasteiger partial charge in [0.15, 0.2) is 6.29 Å². The third kappa shape index (κ3) is 2.41. The van der Waals surface area contributed by atoms with Crippen LogP contribution in [0.25, 0.3) is 5.69 Å². The third-order valence-electron chi connectivity index (χ3n) is 3.95. The van der Waals surface area contributed by atoms with Gasteiger partial charge in [0.05, 0.1) is 24.1 Å². The number of nitrogens with zero attached hydrogens (tertiary/aromatic N) is 3. The molecule has 6 heteroatoms. The molecule has 4 rings (SSSR count). The van der Waals surface area contributed by atoms with E-state index < -0.39 is 0 Å². The lowest BCUT2D eigenvalue weighted by atomic mass is 10.0. The van der Waals surface area contributed by atoms with Crippen LogP contribution in [-0.4, -0.2) is 21.5 Å². The van der Waals surface area contributed by atoms with Gasteiger partial charge in [0.25, 0.3) is 0 Å². The molecule has 0 unspecified atom stereocenters. The van der Waals surface area contributed by atoms with Gasteiger partial charge in [0, 0.05) is 20.6 Å². The van der Waals surface area contributed by atoms with Crippen LogP contribution in [0.2, 0.25) is 5.02 Å². The smallest absolute Gasteiger partial charge is 0.168 e. The van der Waals surface area contributed by atoms with Crippen molar-refractivity contribution in [2.75, 3.05) is 0 Å². The van der Waals surface area contributed by atoms with E-state index in [0.717, 1.165) is 39.1 Å². The van der Waals surface area contributed by atoms with E-state index in [-0.39, 0.29) is 0 Å². The second kappa shape index (κ2) is 6.00. The Morgan fingerprint density at radius 3 is 2.79 bits per heavy atom. The molecule has 4 nitrogen and oxygen atoms in total. The predicted molar refractivity (Wildman–Crippen MR) is 97.4 cm³/mol. The highest BCUT2D eigenvalue weighted by atomic mass is 79.9. The third-order valence-corrected chi connectivity index (χ3v) is 4.77. The lowest BCUT2D eigenvalue weighted by molar-refractivity contribution is 0.111. The van der Waals surface area contributed by atoms with E-state index in [1.807, 2.05) is 47.0 Å². The van der Waals surface area contributed by atoms with Crippen molar-refractivity contribution in [3.63, 3.8) is 0 Å². The first-order valence-corrected chi connectivity index (χ1v) is 8.47. The molecule has 0 amide bonds. The Bertz CT molecular complexity index is 994. The van der Waals surface area contributed by atoms with Crippen LogP contribution in [0, 0.1) is 0 Å². The molecule has 0 N–H and O–H groups in total. The zero-order chi connectivity index (χ0) is 16.7. The summed E-state index contributed by atoms with van der Waals surface area (Å²) in [6.45, 7) is 0.376. The van der Waals surface area contributed by atoms with Crippen LogP contribution < -0.4 is 0 Å². The fraction of sp³-hybridized carbons (Fsp3) is 0.0556. The molecule has 24 heavy (non-hydrogen) atoms. The van der Waals surface area contributed by atoms with Crippen LogP contribution in [0.3, 0.4) is 0 Å². The average Bonchev–Trinajstić information content (AvgIpc) is 2.93. The minimum Gasteiger partial charge on any atom is -0.296 e. The molecule has 0 radical (unpaired) electrons. The molecule has 3 aromatic rings. The molecule has 0 aliphatic carbocycles. The number of aliphatic imine (C=N–C) groups is 1. The number of carbonyl (C=O) groups is 1. The van der Waals surface area contributed by atoms with E-state index in [4.69, 9.17) is 16.6 Å². The molecule has 0 spiro atoms. The van der Waals surface area contributed by atoms with E-state index in [9.17, 15) is 4.79 Å². The molecule has 2 heterocycles. The standard InChI is InChI=1S/C18H11BrClN3O/c19-11-5-6-16-14(7-11)18(13-3-1-2-4-15(13)20)22-9-17-21-8-12(10-24)23(16)17/h1-8,10H,9H2. The summed E-state index contributed by atoms with van der Waals surface area (Å²) < 4.78 is 2.78. The number of benzene rings is 2. The number of imidazole rings is 1. The van der Waals surface area contributed by atoms with E-state index >= 15 is 0 Å². The zero-order valence-corrected chi connectivity index (χ0v) is 14.8. The van der Waals surface area contributed by atoms with Crippen LogP contribution >= 0.6 is 27.5 Å². The van der Waals surface area contributed by atoms with Gasteiger partial charge < -0.3 is 0 Å². The normalized spacial score (nSPS) is 12.8. The number of rotatable bonds is 2. The van der Waals surface area contributed by atoms with Gasteiger partial charge in [0.1, 0.15) is 11.5 Å². The minimum atomic E-state index is 0.376. The van der Waals surface area contributed by atoms with E-state index in [0.29, 0.717) is 17.3 Å². The first kappa shape index (κ1) is 15.3. The Balaban J connectivity index is 2.03. The highest BCUT2D eigenvalue weighted by molar-refractivity contribution is 9.10. The Morgan fingerprint density at radius 2 is 2.00 bits per heavy atom. The van der Waals surface area contributed by atoms with Crippen molar-refractivity contribution in [1.29, 1.82) is 0 Å². The van der Waals surface area contributed by atoms with Crippen molar-refractivity contribution in [1.82, 2.24) is 9.55 Å². The first-order valence-electron chi connectivity index (χ1n) is 7.30. The number of aldehydes is 1. The van der Waals surface area contributed by atoms with Crippen molar-refractivity contribution in [3.8, 4) is 5.69 Å². The molecule has 0 fully saturated rings. The first-order chi connectivity index (χ1) is 11.7. The molecule has 1 aliphatic rings. The minimum absolute atomic E-state index is 0.376. The summed E-state index contributed by atoms with van der Waals surface area (Å²) in [7, 11) is 0. The van der Waals surface area contributed by atoms with Gasteiger partial charge in [-0.15, -0.1) is 0 Å². The summed E-state index contributed by atoms with van der Waals surface area (Å²) in [5.41, 5.74) is 3.92. The predicted octanol–water partition coefficient (Wildman–Crippen LogP) is 4.45. The highest BCUT2D eigenvalue weighted by Crippen LogP contribution is 2.30. The second-order valence-electron chi connectivity index (χ2n) is 5.36. The Labute approximate surface area is 152 Å². The molecular formula is C18H11BrClN3O. The second-order valence-corrected chi connectivity index (χ2v) is 6.68. The SMILES string of the molecule is O=Cc1cnc2n1-c1ccc(Br)cc1C(c1ccccc1Cl)=NC2. The number of hydrogen-bond donors (Lipinski definition) is 0. The van der Waals surface area contributed by atoms with Crippen LogP contribution in [-0.2, 0) is 6.54 Å². The summed E-state index contributed by atoms with van der Waals surface area (Å²) in [5.74, 6) is 0.725. The maximum Gasteiger partial charge on any atom is 0.168 e. The van der Waals surface area contributed by atoms with E-state index in [2.05, 4.69) is 20.9 Å². The van der Waals surface area contributed by atoms with Crippen molar-refractivity contribution in [2.45, 2.75) is 6.54 Å². The molecule has 0 atom stereocenters. The number of carbonyl (C=O) groups excluding carboxylic acids is 1. The molecule has 118 valence electrons. The molecule has 2 aromatic carbocycles. The maximum absolute atomic E-state index is 11.4. The Kier molecular flexibility index (Phi) is 3.82. The summed E-state index contributed by atoms with van der Waals surface area (Å²) >= 11 is 9.91. The fourth-order valence-electron chi connectivity index (χ4n) is 2.89. The monoisotopic (exact) mass is 399 g/mol. The van der Waals surface area contributed by atoms with Crippen molar-refractivity contribution in [3.05, 3.63) is 80.8 Å². The van der Waals surface area contributed by atoms with Crippen LogP contribution in [0.15, 0.2) is 58.1 Å². The van der Waals surface area contributed by atoms with Gasteiger partial charge in [-0.2, -0.15) is 0 Å². The topological polar surface area (TPSA) is 47.2 Å². The summed E-state index contributed by atoms with van der Waals surface area (Å²) in [6.07, 6.45) is 2.38. The molecule has 0 saturated heterocycles. The summed E-state index contributed by atoms with van der Waals surface area (Å²) in [4.78, 5) is 20.5. The highest BCUT2D eigenvalue weighted by Gasteiger charge is 2.22. The fourth-order valence-corrected chi connectivity index (χ4v) is 3.48. The maximum atomic E-state index is 11.4. The van der Waals surface area contributed by atoms with Gasteiger partial charge in [-0.1, -0.05) is 45.7 Å². The quantitative estimate of drug-likeness (QED) is 0.597. The molecule has 1 aromatic heterocycles. The average molecular weight is 401 g/mol. The summed E-state index contributed by atoms with van der Waals surface area (Å²) in [6, 6.07) is 13.5. The van der Waals surface area contributed by atoms with E-state index in [1.54, 1.807) is 6.20 Å². The number of fused-ring (bicyclic) bond motifs is 3. The van der Waals surface area contributed by atoms with Crippen LogP contribution in [0.4, 0.5) is 0 Å². The number of aromatic nitrogens is 2. The van der Waals surface area contributed by atoms with Crippen LogP contribution in [0.5, 0.6) is 0 Å². The van der Waals surface area contributed by atoms with Crippen molar-refractivity contribution < 1.29 is 4.79 Å². The van der Waals surface area contributed by atoms with Gasteiger partial charge >= 0.3 is 0 Å². The molecular weight excluding hydrogens is 390 g/mol. The molecule has 0 saturated carbocycles. The largest absolute Gasteiger partial charge is 0.296 e. The number of hydrogen-bond acceptors (Lipinski definition) is 3. The van der Waals surface area contributed by atoms with Crippen molar-refractivity contribution >= 4 is 39.5 Å². The summed E-state index contributed by atoms with van der Waals surface area (Å²) in [5, 5.41) is 0.636.